The normalized spacial score (nSPS) is 12.4. The lowest BCUT2D eigenvalue weighted by Gasteiger charge is -2.20. The van der Waals surface area contributed by atoms with Crippen molar-refractivity contribution in [3.8, 4) is 45.1 Å². The summed E-state index contributed by atoms with van der Waals surface area (Å²) < 4.78 is 2.07. The van der Waals surface area contributed by atoms with E-state index < -0.39 is 0 Å². The van der Waals surface area contributed by atoms with E-state index in [1.807, 2.05) is 127 Å². The number of nitriles is 1. The molecule has 234 valence electrons. The van der Waals surface area contributed by atoms with E-state index in [9.17, 15) is 14.9 Å². The van der Waals surface area contributed by atoms with Gasteiger partial charge in [-0.3, -0.25) is 14.6 Å². The molecule has 0 saturated carbocycles. The topological polar surface area (TPSA) is 79.0 Å². The average Bonchev–Trinajstić information content (AvgIpc) is 3.65. The lowest BCUT2D eigenvalue weighted by Crippen LogP contribution is -2.30. The van der Waals surface area contributed by atoms with E-state index in [-0.39, 0.29) is 11.8 Å². The molecule has 1 aliphatic rings. The fourth-order valence-corrected chi connectivity index (χ4v) is 7.13. The maximum atomic E-state index is 14.8. The van der Waals surface area contributed by atoms with Gasteiger partial charge >= 0.3 is 0 Å². The molecule has 2 aromatic heterocycles. The summed E-state index contributed by atoms with van der Waals surface area (Å²) in [6, 6.07) is 49.4. The molecule has 0 unspecified atom stereocenters. The van der Waals surface area contributed by atoms with Crippen LogP contribution < -0.4 is 4.90 Å². The summed E-state index contributed by atoms with van der Waals surface area (Å²) in [6.07, 6.45) is 3.30. The van der Waals surface area contributed by atoms with Crippen molar-refractivity contribution < 1.29 is 9.59 Å². The Morgan fingerprint density at radius 1 is 0.500 bits per heavy atom. The second-order valence-corrected chi connectivity index (χ2v) is 12.3. The number of hydrogen-bond acceptors (Lipinski definition) is 4. The number of aromatic nitrogens is 2. The number of hydrogen-bond donors (Lipinski definition) is 0. The van der Waals surface area contributed by atoms with Crippen molar-refractivity contribution in [3.05, 3.63) is 175 Å². The average molecular weight is 643 g/mol. The predicted molar refractivity (Wildman–Crippen MR) is 197 cm³/mol. The molecule has 1 aliphatic heterocycles. The van der Waals surface area contributed by atoms with Crippen molar-refractivity contribution in [2.45, 2.75) is 0 Å². The number of rotatable bonds is 5. The zero-order chi connectivity index (χ0) is 33.8. The molecule has 0 spiro atoms. The van der Waals surface area contributed by atoms with Crippen molar-refractivity contribution in [1.82, 2.24) is 9.55 Å². The molecule has 9 rings (SSSR count). The number of imide groups is 1. The quantitative estimate of drug-likeness (QED) is 0.175. The van der Waals surface area contributed by atoms with Crippen LogP contribution in [-0.4, -0.2) is 21.4 Å². The standard InChI is InChI=1S/C44H26N4O2/c45-25-28-22-33(27-46-26-28)31-19-21-39-37(23-31)35-14-7-8-16-38(35)47(39)40-17-9-15-36-42(40)44(50)48(43(36)49)41-24-32(29-10-3-1-4-11-29)18-20-34(41)30-12-5-2-6-13-30/h1-24,26-27H. The Morgan fingerprint density at radius 3 is 2.00 bits per heavy atom. The van der Waals surface area contributed by atoms with Crippen LogP contribution in [0.15, 0.2) is 158 Å². The molecule has 0 bridgehead atoms. The van der Waals surface area contributed by atoms with Gasteiger partial charge in [0.15, 0.2) is 0 Å². The molecule has 6 nitrogen and oxygen atoms in total. The van der Waals surface area contributed by atoms with Crippen LogP contribution in [-0.2, 0) is 0 Å². The van der Waals surface area contributed by atoms with E-state index in [4.69, 9.17) is 0 Å². The molecule has 6 heteroatoms. The van der Waals surface area contributed by atoms with E-state index in [0.29, 0.717) is 28.1 Å². The molecule has 0 atom stereocenters. The number of para-hydroxylation sites is 1. The molecule has 50 heavy (non-hydrogen) atoms. The van der Waals surface area contributed by atoms with Crippen LogP contribution in [0.3, 0.4) is 0 Å². The minimum atomic E-state index is -0.370. The van der Waals surface area contributed by atoms with Gasteiger partial charge in [-0.15, -0.1) is 0 Å². The lowest BCUT2D eigenvalue weighted by atomic mass is 9.97. The van der Waals surface area contributed by atoms with Gasteiger partial charge < -0.3 is 4.57 Å². The van der Waals surface area contributed by atoms with Gasteiger partial charge in [0.1, 0.15) is 6.07 Å². The Balaban J connectivity index is 1.23. The van der Waals surface area contributed by atoms with Gasteiger partial charge in [-0.2, -0.15) is 5.26 Å². The Morgan fingerprint density at radius 2 is 1.20 bits per heavy atom. The first-order chi connectivity index (χ1) is 24.6. The van der Waals surface area contributed by atoms with E-state index in [2.05, 4.69) is 27.8 Å². The fourth-order valence-electron chi connectivity index (χ4n) is 7.13. The summed E-state index contributed by atoms with van der Waals surface area (Å²) >= 11 is 0. The number of amides is 2. The number of benzene rings is 6. The highest BCUT2D eigenvalue weighted by Crippen LogP contribution is 2.42. The van der Waals surface area contributed by atoms with Gasteiger partial charge in [-0.1, -0.05) is 103 Å². The number of carbonyl (C=O) groups excluding carboxylic acids is 2. The summed E-state index contributed by atoms with van der Waals surface area (Å²) in [5, 5.41) is 11.4. The van der Waals surface area contributed by atoms with Crippen LogP contribution in [0, 0.1) is 11.3 Å². The van der Waals surface area contributed by atoms with Crippen LogP contribution in [0.25, 0.3) is 60.9 Å². The molecule has 0 aliphatic carbocycles. The van der Waals surface area contributed by atoms with Crippen LogP contribution in [0.1, 0.15) is 26.3 Å². The third-order valence-electron chi connectivity index (χ3n) is 9.44. The molecule has 8 aromatic rings. The molecule has 0 radical (unpaired) electrons. The van der Waals surface area contributed by atoms with Gasteiger partial charge in [-0.25, -0.2) is 4.90 Å². The fraction of sp³-hybridized carbons (Fsp3) is 0. The van der Waals surface area contributed by atoms with Crippen LogP contribution in [0.4, 0.5) is 5.69 Å². The van der Waals surface area contributed by atoms with Gasteiger partial charge in [0, 0.05) is 34.3 Å². The van der Waals surface area contributed by atoms with E-state index in [1.54, 1.807) is 18.5 Å². The molecule has 6 aromatic carbocycles. The van der Waals surface area contributed by atoms with Crippen molar-refractivity contribution in [2.24, 2.45) is 0 Å². The monoisotopic (exact) mass is 642 g/mol. The summed E-state index contributed by atoms with van der Waals surface area (Å²) in [5.41, 5.74) is 9.55. The molecule has 3 heterocycles. The molecule has 0 saturated heterocycles. The number of anilines is 1. The zero-order valence-corrected chi connectivity index (χ0v) is 26.6. The van der Waals surface area contributed by atoms with E-state index in [1.165, 1.54) is 4.90 Å². The maximum Gasteiger partial charge on any atom is 0.268 e. The number of fused-ring (bicyclic) bond motifs is 4. The summed E-state index contributed by atoms with van der Waals surface area (Å²) in [4.78, 5) is 34.8. The van der Waals surface area contributed by atoms with Crippen molar-refractivity contribution in [2.75, 3.05) is 4.90 Å². The van der Waals surface area contributed by atoms with Crippen molar-refractivity contribution in [3.63, 3.8) is 0 Å². The highest BCUT2D eigenvalue weighted by atomic mass is 16.2. The number of carbonyl (C=O) groups is 2. The smallest absolute Gasteiger partial charge is 0.268 e. The van der Waals surface area contributed by atoms with Gasteiger partial charge in [0.25, 0.3) is 11.8 Å². The van der Waals surface area contributed by atoms with Crippen molar-refractivity contribution in [1.29, 1.82) is 5.26 Å². The molecule has 0 N–H and O–H groups in total. The largest absolute Gasteiger partial charge is 0.308 e. The van der Waals surface area contributed by atoms with Crippen LogP contribution in [0.5, 0.6) is 0 Å². The Labute approximate surface area is 287 Å². The third-order valence-corrected chi connectivity index (χ3v) is 9.44. The minimum absolute atomic E-state index is 0.359. The van der Waals surface area contributed by atoms with Crippen LogP contribution in [0.2, 0.25) is 0 Å². The first kappa shape index (κ1) is 29.1. The van der Waals surface area contributed by atoms with Gasteiger partial charge in [0.2, 0.25) is 0 Å². The second kappa shape index (κ2) is 11.6. The second-order valence-electron chi connectivity index (χ2n) is 12.3. The Hall–Kier alpha value is -7.10. The first-order valence-electron chi connectivity index (χ1n) is 16.3. The van der Waals surface area contributed by atoms with E-state index in [0.717, 1.165) is 55.2 Å². The minimum Gasteiger partial charge on any atom is -0.308 e. The molecular weight excluding hydrogens is 617 g/mol. The highest BCUT2D eigenvalue weighted by Gasteiger charge is 2.40. The van der Waals surface area contributed by atoms with E-state index >= 15 is 0 Å². The lowest BCUT2D eigenvalue weighted by molar-refractivity contribution is 0.0926. The first-order valence-corrected chi connectivity index (χ1v) is 16.3. The molecular formula is C44H26N4O2. The summed E-state index contributed by atoms with van der Waals surface area (Å²) in [7, 11) is 0. The summed E-state index contributed by atoms with van der Waals surface area (Å²) in [5.74, 6) is -0.730. The summed E-state index contributed by atoms with van der Waals surface area (Å²) in [6.45, 7) is 0. The maximum absolute atomic E-state index is 14.8. The molecule has 0 fully saturated rings. The predicted octanol–water partition coefficient (Wildman–Crippen LogP) is 9.85. The van der Waals surface area contributed by atoms with Gasteiger partial charge in [0.05, 0.1) is 39.1 Å². The number of pyridine rings is 1. The Kier molecular flexibility index (Phi) is 6.72. The van der Waals surface area contributed by atoms with Crippen LogP contribution >= 0.6 is 0 Å². The Bertz CT molecular complexity index is 2710. The molecule has 2 amide bonds. The SMILES string of the molecule is N#Cc1cncc(-c2ccc3c(c2)c2ccccc2n3-c2cccc3c2C(=O)N(c2cc(-c4ccccc4)ccc2-c2ccccc2)C3=O)c1. The van der Waals surface area contributed by atoms with Gasteiger partial charge in [-0.05, 0) is 64.7 Å². The number of nitrogens with zero attached hydrogens (tertiary/aromatic N) is 4. The van der Waals surface area contributed by atoms with Crippen molar-refractivity contribution >= 4 is 39.3 Å². The highest BCUT2D eigenvalue weighted by molar-refractivity contribution is 6.36. The third kappa shape index (κ3) is 4.53. The zero-order valence-electron chi connectivity index (χ0n) is 26.6.